The van der Waals surface area contributed by atoms with Gasteiger partial charge in [0.05, 0.1) is 5.54 Å². The van der Waals surface area contributed by atoms with E-state index in [-0.39, 0.29) is 11.1 Å². The average molecular weight is 168 g/mol. The van der Waals surface area contributed by atoms with Gasteiger partial charge in [-0.1, -0.05) is 0 Å². The molecule has 0 aliphatic carbocycles. The van der Waals surface area contributed by atoms with Gasteiger partial charge in [-0.2, -0.15) is 0 Å². The van der Waals surface area contributed by atoms with E-state index in [2.05, 4.69) is 26.1 Å². The standard InChI is InChI=1S/C9H16N2O/c1-8(2)6-11(8)7(12)4-9(3)5-10-9/h10H,4-6H2,1-3H3. The fraction of sp³-hybridized carbons (Fsp3) is 0.889. The molecule has 1 amide bonds. The minimum Gasteiger partial charge on any atom is -0.333 e. The highest BCUT2D eigenvalue weighted by Crippen LogP contribution is 2.33. The lowest BCUT2D eigenvalue weighted by atomic mass is 10.1. The Morgan fingerprint density at radius 2 is 2.00 bits per heavy atom. The summed E-state index contributed by atoms with van der Waals surface area (Å²) >= 11 is 0. The minimum atomic E-state index is 0.121. The summed E-state index contributed by atoms with van der Waals surface area (Å²) in [7, 11) is 0. The normalized spacial score (nSPS) is 36.4. The average Bonchev–Trinajstić information content (AvgIpc) is 2.74. The molecule has 0 radical (unpaired) electrons. The van der Waals surface area contributed by atoms with Crippen LogP contribution in [0.4, 0.5) is 0 Å². The minimum absolute atomic E-state index is 0.121. The van der Waals surface area contributed by atoms with Crippen molar-refractivity contribution in [1.82, 2.24) is 10.2 Å². The molecule has 2 aliphatic heterocycles. The summed E-state index contributed by atoms with van der Waals surface area (Å²) in [6, 6.07) is 0. The molecular formula is C9H16N2O. The number of nitrogens with zero attached hydrogens (tertiary/aromatic N) is 1. The first-order chi connectivity index (χ1) is 5.43. The van der Waals surface area contributed by atoms with Gasteiger partial charge >= 0.3 is 0 Å². The molecule has 2 fully saturated rings. The second-order valence-corrected chi connectivity index (χ2v) is 4.88. The summed E-state index contributed by atoms with van der Waals surface area (Å²) in [6.07, 6.45) is 0.663. The van der Waals surface area contributed by atoms with E-state index in [9.17, 15) is 4.79 Å². The number of hydrogen-bond acceptors (Lipinski definition) is 2. The summed E-state index contributed by atoms with van der Waals surface area (Å²) in [5.41, 5.74) is 0.262. The molecule has 3 heteroatoms. The molecule has 2 aliphatic rings. The van der Waals surface area contributed by atoms with Crippen LogP contribution in [0.2, 0.25) is 0 Å². The van der Waals surface area contributed by atoms with Crippen LogP contribution in [0.25, 0.3) is 0 Å². The number of amides is 1. The molecule has 0 aromatic heterocycles. The number of hydrogen-bond donors (Lipinski definition) is 1. The van der Waals surface area contributed by atoms with Gasteiger partial charge in [-0.05, 0) is 20.8 Å². The third kappa shape index (κ3) is 1.33. The van der Waals surface area contributed by atoms with Crippen molar-refractivity contribution in [3.8, 4) is 0 Å². The lowest BCUT2D eigenvalue weighted by Gasteiger charge is -2.09. The Bertz CT molecular complexity index is 231. The third-order valence-electron chi connectivity index (χ3n) is 2.80. The first-order valence-corrected chi connectivity index (χ1v) is 4.49. The first kappa shape index (κ1) is 8.05. The monoisotopic (exact) mass is 168 g/mol. The van der Waals surface area contributed by atoms with Crippen molar-refractivity contribution in [1.29, 1.82) is 0 Å². The van der Waals surface area contributed by atoms with Crippen LogP contribution in [-0.4, -0.2) is 35.0 Å². The van der Waals surface area contributed by atoms with E-state index in [0.29, 0.717) is 12.3 Å². The predicted octanol–water partition coefficient (Wildman–Crippen LogP) is 0.359. The van der Waals surface area contributed by atoms with Crippen LogP contribution in [-0.2, 0) is 4.79 Å². The Balaban J connectivity index is 1.87. The predicted molar refractivity (Wildman–Crippen MR) is 46.8 cm³/mol. The van der Waals surface area contributed by atoms with Crippen molar-refractivity contribution in [2.45, 2.75) is 38.3 Å². The van der Waals surface area contributed by atoms with Gasteiger partial charge in [0.1, 0.15) is 0 Å². The quantitative estimate of drug-likeness (QED) is 0.605. The van der Waals surface area contributed by atoms with Gasteiger partial charge in [0, 0.05) is 25.0 Å². The summed E-state index contributed by atoms with van der Waals surface area (Å²) in [6.45, 7) is 8.23. The fourth-order valence-corrected chi connectivity index (χ4v) is 1.48. The van der Waals surface area contributed by atoms with Gasteiger partial charge in [0.15, 0.2) is 0 Å². The number of carbonyl (C=O) groups excluding carboxylic acids is 1. The Morgan fingerprint density at radius 3 is 2.33 bits per heavy atom. The van der Waals surface area contributed by atoms with Crippen molar-refractivity contribution in [2.75, 3.05) is 13.1 Å². The van der Waals surface area contributed by atoms with Crippen molar-refractivity contribution in [3.63, 3.8) is 0 Å². The van der Waals surface area contributed by atoms with Crippen LogP contribution in [0, 0.1) is 0 Å². The Hall–Kier alpha value is -0.570. The van der Waals surface area contributed by atoms with Gasteiger partial charge in [-0.3, -0.25) is 4.79 Å². The van der Waals surface area contributed by atoms with E-state index in [4.69, 9.17) is 0 Å². The third-order valence-corrected chi connectivity index (χ3v) is 2.80. The molecule has 68 valence electrons. The number of carbonyl (C=O) groups is 1. The van der Waals surface area contributed by atoms with Gasteiger partial charge in [0.25, 0.3) is 0 Å². The molecule has 1 atom stereocenters. The topological polar surface area (TPSA) is 42.0 Å². The van der Waals surface area contributed by atoms with Crippen molar-refractivity contribution in [2.24, 2.45) is 0 Å². The molecule has 2 saturated heterocycles. The lowest BCUT2D eigenvalue weighted by molar-refractivity contribution is -0.127. The zero-order valence-electron chi connectivity index (χ0n) is 7.98. The highest BCUT2D eigenvalue weighted by molar-refractivity contribution is 5.81. The highest BCUT2D eigenvalue weighted by atomic mass is 16.2. The van der Waals surface area contributed by atoms with E-state index in [1.807, 2.05) is 4.90 Å². The molecule has 2 rings (SSSR count). The molecule has 3 nitrogen and oxygen atoms in total. The van der Waals surface area contributed by atoms with Gasteiger partial charge < -0.3 is 10.2 Å². The maximum Gasteiger partial charge on any atom is 0.225 e. The molecule has 0 aromatic rings. The van der Waals surface area contributed by atoms with Crippen LogP contribution in [0.5, 0.6) is 0 Å². The molecule has 0 aromatic carbocycles. The summed E-state index contributed by atoms with van der Waals surface area (Å²) in [4.78, 5) is 13.5. The summed E-state index contributed by atoms with van der Waals surface area (Å²) in [5.74, 6) is 0.299. The molecule has 0 spiro atoms. The lowest BCUT2D eigenvalue weighted by Crippen LogP contribution is -2.24. The smallest absolute Gasteiger partial charge is 0.225 e. The van der Waals surface area contributed by atoms with Gasteiger partial charge in [-0.15, -0.1) is 0 Å². The first-order valence-electron chi connectivity index (χ1n) is 4.49. The molecule has 1 unspecified atom stereocenters. The van der Waals surface area contributed by atoms with E-state index in [1.54, 1.807) is 0 Å². The molecule has 0 bridgehead atoms. The van der Waals surface area contributed by atoms with Gasteiger partial charge in [-0.25, -0.2) is 0 Å². The Kier molecular flexibility index (Phi) is 1.35. The van der Waals surface area contributed by atoms with Crippen molar-refractivity contribution >= 4 is 5.91 Å². The van der Waals surface area contributed by atoms with E-state index < -0.39 is 0 Å². The van der Waals surface area contributed by atoms with Gasteiger partial charge in [0.2, 0.25) is 5.91 Å². The molecule has 2 heterocycles. The SMILES string of the molecule is CC1(CC(=O)N2CC2(C)C)CN1. The largest absolute Gasteiger partial charge is 0.333 e. The Labute approximate surface area is 73.1 Å². The van der Waals surface area contributed by atoms with E-state index >= 15 is 0 Å². The maximum absolute atomic E-state index is 11.6. The zero-order chi connectivity index (χ0) is 8.98. The fourth-order valence-electron chi connectivity index (χ4n) is 1.48. The van der Waals surface area contributed by atoms with Crippen LogP contribution >= 0.6 is 0 Å². The highest BCUT2D eigenvalue weighted by Gasteiger charge is 2.49. The molecule has 12 heavy (non-hydrogen) atoms. The summed E-state index contributed by atoms with van der Waals surface area (Å²) < 4.78 is 0. The molecule has 0 saturated carbocycles. The van der Waals surface area contributed by atoms with E-state index in [1.165, 1.54) is 0 Å². The van der Waals surface area contributed by atoms with Crippen LogP contribution in [0.3, 0.4) is 0 Å². The molecular weight excluding hydrogens is 152 g/mol. The summed E-state index contributed by atoms with van der Waals surface area (Å²) in [5, 5.41) is 3.20. The van der Waals surface area contributed by atoms with Crippen LogP contribution in [0.15, 0.2) is 0 Å². The second-order valence-electron chi connectivity index (χ2n) is 4.88. The maximum atomic E-state index is 11.6. The van der Waals surface area contributed by atoms with Crippen molar-refractivity contribution < 1.29 is 4.79 Å². The van der Waals surface area contributed by atoms with Crippen LogP contribution < -0.4 is 5.32 Å². The van der Waals surface area contributed by atoms with Crippen LogP contribution in [0.1, 0.15) is 27.2 Å². The second kappa shape index (κ2) is 2.02. The van der Waals surface area contributed by atoms with Crippen molar-refractivity contribution in [3.05, 3.63) is 0 Å². The molecule has 1 N–H and O–H groups in total. The Morgan fingerprint density at radius 1 is 1.50 bits per heavy atom. The van der Waals surface area contributed by atoms with E-state index in [0.717, 1.165) is 13.1 Å². The number of rotatable bonds is 2. The number of nitrogens with one attached hydrogen (secondary N) is 1. The zero-order valence-corrected chi connectivity index (χ0v) is 7.98.